The first-order valence-corrected chi connectivity index (χ1v) is 6.63. The lowest BCUT2D eigenvalue weighted by molar-refractivity contribution is -0.137. The average molecular weight is 319 g/mol. The van der Waals surface area contributed by atoms with E-state index < -0.39 is 11.7 Å². The number of rotatable bonds is 3. The lowest BCUT2D eigenvalue weighted by Crippen LogP contribution is -2.11. The highest BCUT2D eigenvalue weighted by molar-refractivity contribution is 6.32. The van der Waals surface area contributed by atoms with Gasteiger partial charge in [-0.2, -0.15) is 18.3 Å². The van der Waals surface area contributed by atoms with Gasteiger partial charge in [-0.3, -0.25) is 0 Å². The third kappa shape index (κ3) is 3.03. The lowest BCUT2D eigenvalue weighted by Gasteiger charge is -2.14. The number of hydrogen-bond acceptors (Lipinski definition) is 3. The molecule has 2 rings (SSSR count). The number of nitrogens with two attached hydrogens (primary N) is 1. The van der Waals surface area contributed by atoms with Crippen LogP contribution >= 0.6 is 11.6 Å². The van der Waals surface area contributed by atoms with Crippen LogP contribution in [0.2, 0.25) is 5.02 Å². The molecule has 0 atom stereocenters. The zero-order valence-corrected chi connectivity index (χ0v) is 12.2. The first-order chi connectivity index (χ1) is 9.75. The van der Waals surface area contributed by atoms with Gasteiger partial charge in [0.05, 0.1) is 22.5 Å². The SMILES string of the molecule is CC(C)c1c(CN)cnn1-c1ncc(C(F)(F)F)cc1Cl. The molecule has 2 aromatic heterocycles. The van der Waals surface area contributed by atoms with E-state index in [2.05, 4.69) is 10.1 Å². The van der Waals surface area contributed by atoms with Gasteiger partial charge in [0.1, 0.15) is 0 Å². The minimum absolute atomic E-state index is 0.0752. The maximum atomic E-state index is 12.6. The molecule has 114 valence electrons. The van der Waals surface area contributed by atoms with E-state index in [1.54, 1.807) is 6.20 Å². The molecule has 8 heteroatoms. The van der Waals surface area contributed by atoms with Crippen molar-refractivity contribution in [2.24, 2.45) is 5.73 Å². The number of nitrogens with zero attached hydrogens (tertiary/aromatic N) is 3. The van der Waals surface area contributed by atoms with Crippen LogP contribution in [0.5, 0.6) is 0 Å². The van der Waals surface area contributed by atoms with Gasteiger partial charge in [0.25, 0.3) is 0 Å². The van der Waals surface area contributed by atoms with Gasteiger partial charge in [0.2, 0.25) is 0 Å². The van der Waals surface area contributed by atoms with Crippen LogP contribution in [0.3, 0.4) is 0 Å². The summed E-state index contributed by atoms with van der Waals surface area (Å²) in [5.74, 6) is 0.235. The molecule has 21 heavy (non-hydrogen) atoms. The maximum absolute atomic E-state index is 12.6. The first-order valence-electron chi connectivity index (χ1n) is 6.25. The van der Waals surface area contributed by atoms with Crippen LogP contribution in [-0.4, -0.2) is 14.8 Å². The highest BCUT2D eigenvalue weighted by Gasteiger charge is 2.32. The quantitative estimate of drug-likeness (QED) is 0.942. The molecule has 0 radical (unpaired) electrons. The molecule has 0 bridgehead atoms. The predicted molar refractivity (Wildman–Crippen MR) is 73.4 cm³/mol. The number of pyridine rings is 1. The summed E-state index contributed by atoms with van der Waals surface area (Å²) >= 11 is 5.94. The highest BCUT2D eigenvalue weighted by Crippen LogP contribution is 2.33. The number of alkyl halides is 3. The van der Waals surface area contributed by atoms with Crippen LogP contribution in [0.25, 0.3) is 5.82 Å². The molecule has 2 aromatic rings. The van der Waals surface area contributed by atoms with Gasteiger partial charge in [-0.05, 0) is 12.0 Å². The second-order valence-corrected chi connectivity index (χ2v) is 5.26. The van der Waals surface area contributed by atoms with Crippen molar-refractivity contribution in [3.05, 3.63) is 40.3 Å². The third-order valence-electron chi connectivity index (χ3n) is 3.00. The van der Waals surface area contributed by atoms with Crippen LogP contribution in [0.1, 0.15) is 36.6 Å². The monoisotopic (exact) mass is 318 g/mol. The highest BCUT2D eigenvalue weighted by atomic mass is 35.5. The van der Waals surface area contributed by atoms with Crippen molar-refractivity contribution in [1.29, 1.82) is 0 Å². The second kappa shape index (κ2) is 5.65. The zero-order valence-electron chi connectivity index (χ0n) is 11.4. The van der Waals surface area contributed by atoms with E-state index >= 15 is 0 Å². The van der Waals surface area contributed by atoms with Gasteiger partial charge in [0, 0.05) is 18.3 Å². The Kier molecular flexibility index (Phi) is 4.25. The summed E-state index contributed by atoms with van der Waals surface area (Å²) in [7, 11) is 0. The fraction of sp³-hybridized carbons (Fsp3) is 0.385. The van der Waals surface area contributed by atoms with Gasteiger partial charge in [0.15, 0.2) is 5.82 Å². The topological polar surface area (TPSA) is 56.7 Å². The summed E-state index contributed by atoms with van der Waals surface area (Å²) < 4.78 is 39.3. The zero-order chi connectivity index (χ0) is 15.8. The predicted octanol–water partition coefficient (Wildman–Crippen LogP) is 3.52. The Balaban J connectivity index is 2.56. The van der Waals surface area contributed by atoms with Crippen LogP contribution < -0.4 is 5.73 Å². The maximum Gasteiger partial charge on any atom is 0.417 e. The summed E-state index contributed by atoms with van der Waals surface area (Å²) in [6.45, 7) is 4.15. The Morgan fingerprint density at radius 3 is 2.48 bits per heavy atom. The molecule has 2 heterocycles. The summed E-state index contributed by atoms with van der Waals surface area (Å²) in [5, 5.41) is 4.03. The second-order valence-electron chi connectivity index (χ2n) is 4.85. The largest absolute Gasteiger partial charge is 0.417 e. The van der Waals surface area contributed by atoms with Gasteiger partial charge >= 0.3 is 6.18 Å². The minimum atomic E-state index is -4.48. The van der Waals surface area contributed by atoms with Gasteiger partial charge < -0.3 is 5.73 Å². The minimum Gasteiger partial charge on any atom is -0.326 e. The Hall–Kier alpha value is -1.60. The van der Waals surface area contributed by atoms with Crippen LogP contribution in [-0.2, 0) is 12.7 Å². The van der Waals surface area contributed by atoms with Crippen LogP contribution in [0, 0.1) is 0 Å². The number of hydrogen-bond donors (Lipinski definition) is 1. The fourth-order valence-electron chi connectivity index (χ4n) is 2.07. The smallest absolute Gasteiger partial charge is 0.326 e. The number of halogens is 4. The van der Waals surface area contributed by atoms with Crippen molar-refractivity contribution in [1.82, 2.24) is 14.8 Å². The molecule has 0 aliphatic rings. The molecule has 0 unspecified atom stereocenters. The molecule has 0 aliphatic heterocycles. The van der Waals surface area contributed by atoms with Crippen molar-refractivity contribution >= 4 is 11.6 Å². The molecule has 0 aliphatic carbocycles. The molecule has 0 aromatic carbocycles. The van der Waals surface area contributed by atoms with Crippen molar-refractivity contribution in [3.63, 3.8) is 0 Å². The van der Waals surface area contributed by atoms with Crippen molar-refractivity contribution in [3.8, 4) is 5.82 Å². The van der Waals surface area contributed by atoms with E-state index in [-0.39, 0.29) is 23.3 Å². The van der Waals surface area contributed by atoms with E-state index in [4.69, 9.17) is 17.3 Å². The van der Waals surface area contributed by atoms with Gasteiger partial charge in [-0.25, -0.2) is 9.67 Å². The van der Waals surface area contributed by atoms with E-state index in [0.717, 1.165) is 23.5 Å². The normalized spacial score (nSPS) is 12.2. The Bertz CT molecular complexity index is 649. The summed E-state index contributed by atoms with van der Waals surface area (Å²) in [5.41, 5.74) is 6.34. The standard InChI is InChI=1S/C13H14ClF3N4/c1-7(2)11-8(4-18)5-20-21(11)12-10(14)3-9(6-19-12)13(15,16)17/h3,5-7H,4,18H2,1-2H3. The molecular weight excluding hydrogens is 305 g/mol. The molecular formula is C13H14ClF3N4. The Morgan fingerprint density at radius 1 is 1.33 bits per heavy atom. The molecule has 0 saturated heterocycles. The van der Waals surface area contributed by atoms with Crippen molar-refractivity contribution < 1.29 is 13.2 Å². The Labute approximate surface area is 124 Å². The fourth-order valence-corrected chi connectivity index (χ4v) is 2.32. The van der Waals surface area contributed by atoms with Crippen molar-refractivity contribution in [2.75, 3.05) is 0 Å². The third-order valence-corrected chi connectivity index (χ3v) is 3.28. The number of aromatic nitrogens is 3. The first kappa shape index (κ1) is 15.8. The molecule has 4 nitrogen and oxygen atoms in total. The Morgan fingerprint density at radius 2 is 2.00 bits per heavy atom. The lowest BCUT2D eigenvalue weighted by atomic mass is 10.1. The summed E-state index contributed by atoms with van der Waals surface area (Å²) in [6, 6.07) is 0.845. The van der Waals surface area contributed by atoms with Gasteiger partial charge in [-0.1, -0.05) is 25.4 Å². The average Bonchev–Trinajstić information content (AvgIpc) is 2.81. The molecule has 2 N–H and O–H groups in total. The molecule has 0 fully saturated rings. The van der Waals surface area contributed by atoms with Gasteiger partial charge in [-0.15, -0.1) is 0 Å². The molecule has 0 saturated carbocycles. The molecule has 0 amide bonds. The summed E-state index contributed by atoms with van der Waals surface area (Å²) in [6.07, 6.45) is -2.16. The van der Waals surface area contributed by atoms with E-state index in [0.29, 0.717) is 0 Å². The molecule has 0 spiro atoms. The van der Waals surface area contributed by atoms with Crippen LogP contribution in [0.4, 0.5) is 13.2 Å². The summed E-state index contributed by atoms with van der Waals surface area (Å²) in [4.78, 5) is 3.81. The van der Waals surface area contributed by atoms with E-state index in [1.807, 2.05) is 13.8 Å². The van der Waals surface area contributed by atoms with E-state index in [9.17, 15) is 13.2 Å². The van der Waals surface area contributed by atoms with Crippen molar-refractivity contribution in [2.45, 2.75) is 32.5 Å². The van der Waals surface area contributed by atoms with E-state index in [1.165, 1.54) is 4.68 Å². The van der Waals surface area contributed by atoms with Crippen LogP contribution in [0.15, 0.2) is 18.5 Å².